The van der Waals surface area contributed by atoms with Crippen molar-refractivity contribution in [3.63, 3.8) is 0 Å². The molecular formula is C22H30N2O8S2. The summed E-state index contributed by atoms with van der Waals surface area (Å²) in [5, 5.41) is 9.15. The Balaban J connectivity index is 2.31. The molecule has 0 fully saturated rings. The number of amides is 1. The second-order valence-corrected chi connectivity index (χ2v) is 11.7. The van der Waals surface area contributed by atoms with E-state index in [4.69, 9.17) is 14.7 Å². The number of benzene rings is 2. The number of nitrogens with zero attached hydrogens (tertiary/aromatic N) is 1. The van der Waals surface area contributed by atoms with E-state index in [0.717, 1.165) is 10.6 Å². The van der Waals surface area contributed by atoms with Crippen molar-refractivity contribution < 1.29 is 36.3 Å². The summed E-state index contributed by atoms with van der Waals surface area (Å²) >= 11 is 0. The van der Waals surface area contributed by atoms with E-state index < -0.39 is 37.7 Å². The van der Waals surface area contributed by atoms with Crippen LogP contribution in [0.3, 0.4) is 0 Å². The maximum Gasteiger partial charge on any atom is 0.262 e. The van der Waals surface area contributed by atoms with Gasteiger partial charge in [-0.1, -0.05) is 13.8 Å². The Morgan fingerprint density at radius 2 is 1.47 bits per heavy atom. The minimum absolute atomic E-state index is 0.0693. The van der Waals surface area contributed by atoms with Gasteiger partial charge < -0.3 is 9.47 Å². The van der Waals surface area contributed by atoms with Crippen LogP contribution in [0.4, 0.5) is 0 Å². The maximum absolute atomic E-state index is 13.4. The molecule has 0 spiro atoms. The molecule has 0 heterocycles. The molecule has 1 unspecified atom stereocenters. The Hall–Kier alpha value is -2.51. The molecule has 0 radical (unpaired) electrons. The van der Waals surface area contributed by atoms with Gasteiger partial charge in [0.25, 0.3) is 5.91 Å². The lowest BCUT2D eigenvalue weighted by molar-refractivity contribution is -0.134. The normalized spacial score (nSPS) is 13.1. The fourth-order valence-electron chi connectivity index (χ4n) is 3.25. The third kappa shape index (κ3) is 7.00. The summed E-state index contributed by atoms with van der Waals surface area (Å²) in [4.78, 5) is 12.4. The van der Waals surface area contributed by atoms with Crippen LogP contribution in [0.1, 0.15) is 20.8 Å². The Morgan fingerprint density at radius 1 is 0.971 bits per heavy atom. The highest BCUT2D eigenvalue weighted by Crippen LogP contribution is 2.27. The number of hydroxylamine groups is 1. The SMILES string of the molecule is CCOCCN(C(C(=O)NO)C(C)C)S(=O)(=O)c1ccc(Oc2ccc(S(C)(=O)=O)cc2)cc1. The van der Waals surface area contributed by atoms with E-state index in [2.05, 4.69) is 0 Å². The highest BCUT2D eigenvalue weighted by atomic mass is 32.2. The van der Waals surface area contributed by atoms with E-state index in [1.54, 1.807) is 26.3 Å². The van der Waals surface area contributed by atoms with Crippen LogP contribution in [-0.2, 0) is 29.4 Å². The number of sulfone groups is 1. The summed E-state index contributed by atoms with van der Waals surface area (Å²) in [6.07, 6.45) is 1.10. The number of hydrogen-bond donors (Lipinski definition) is 2. The smallest absolute Gasteiger partial charge is 0.262 e. The third-order valence-corrected chi connectivity index (χ3v) is 7.92. The van der Waals surface area contributed by atoms with Crippen molar-refractivity contribution >= 4 is 25.8 Å². The molecule has 0 bridgehead atoms. The lowest BCUT2D eigenvalue weighted by Crippen LogP contribution is -2.52. The molecule has 0 aliphatic rings. The van der Waals surface area contributed by atoms with E-state index in [1.165, 1.54) is 48.5 Å². The number of hydrogen-bond acceptors (Lipinski definition) is 8. The summed E-state index contributed by atoms with van der Waals surface area (Å²) in [5.41, 5.74) is 1.55. The van der Waals surface area contributed by atoms with Gasteiger partial charge in [0.05, 0.1) is 16.4 Å². The van der Waals surface area contributed by atoms with Crippen molar-refractivity contribution in [2.75, 3.05) is 26.0 Å². The highest BCUT2D eigenvalue weighted by molar-refractivity contribution is 7.90. The molecule has 2 rings (SSSR count). The molecule has 2 aromatic carbocycles. The van der Waals surface area contributed by atoms with Crippen LogP contribution in [0.15, 0.2) is 58.3 Å². The van der Waals surface area contributed by atoms with Gasteiger partial charge in [-0.25, -0.2) is 22.3 Å². The summed E-state index contributed by atoms with van der Waals surface area (Å²) < 4.78 is 61.9. The quantitative estimate of drug-likeness (QED) is 0.250. The van der Waals surface area contributed by atoms with Crippen LogP contribution in [0.5, 0.6) is 11.5 Å². The zero-order valence-electron chi connectivity index (χ0n) is 19.5. The molecule has 1 atom stereocenters. The second-order valence-electron chi connectivity index (χ2n) is 7.79. The Labute approximate surface area is 200 Å². The number of carbonyl (C=O) groups is 1. The summed E-state index contributed by atoms with van der Waals surface area (Å²) in [6.45, 7) is 5.49. The average molecular weight is 515 g/mol. The number of nitrogens with one attached hydrogen (secondary N) is 1. The van der Waals surface area contributed by atoms with Gasteiger partial charge in [0.15, 0.2) is 9.84 Å². The van der Waals surface area contributed by atoms with Crippen LogP contribution in [-0.4, -0.2) is 64.3 Å². The third-order valence-electron chi connectivity index (χ3n) is 4.90. The van der Waals surface area contributed by atoms with Crippen molar-refractivity contribution in [3.05, 3.63) is 48.5 Å². The first-order valence-electron chi connectivity index (χ1n) is 10.5. The van der Waals surface area contributed by atoms with Crippen LogP contribution in [0, 0.1) is 5.92 Å². The minimum Gasteiger partial charge on any atom is -0.457 e. The van der Waals surface area contributed by atoms with Gasteiger partial charge in [-0.2, -0.15) is 4.31 Å². The Kier molecular flexibility index (Phi) is 9.59. The molecular weight excluding hydrogens is 484 g/mol. The molecule has 10 nitrogen and oxygen atoms in total. The maximum atomic E-state index is 13.4. The molecule has 2 N–H and O–H groups in total. The lowest BCUT2D eigenvalue weighted by Gasteiger charge is -2.31. The van der Waals surface area contributed by atoms with Crippen molar-refractivity contribution in [2.45, 2.75) is 36.6 Å². The second kappa shape index (κ2) is 11.8. The predicted molar refractivity (Wildman–Crippen MR) is 125 cm³/mol. The van der Waals surface area contributed by atoms with E-state index in [-0.39, 0.29) is 22.9 Å². The van der Waals surface area contributed by atoms with Gasteiger partial charge in [0, 0.05) is 19.4 Å². The van der Waals surface area contributed by atoms with Gasteiger partial charge in [0.1, 0.15) is 17.5 Å². The van der Waals surface area contributed by atoms with Crippen molar-refractivity contribution in [1.29, 1.82) is 0 Å². The Bertz CT molecular complexity index is 1160. The van der Waals surface area contributed by atoms with Crippen molar-refractivity contribution in [3.8, 4) is 11.5 Å². The van der Waals surface area contributed by atoms with Crippen molar-refractivity contribution in [1.82, 2.24) is 9.79 Å². The summed E-state index contributed by atoms with van der Waals surface area (Å²) in [6, 6.07) is 10.3. The van der Waals surface area contributed by atoms with Crippen LogP contribution in [0.25, 0.3) is 0 Å². The van der Waals surface area contributed by atoms with Crippen LogP contribution < -0.4 is 10.2 Å². The lowest BCUT2D eigenvalue weighted by atomic mass is 10.0. The van der Waals surface area contributed by atoms with E-state index in [0.29, 0.717) is 18.1 Å². The van der Waals surface area contributed by atoms with Gasteiger partial charge in [-0.3, -0.25) is 10.0 Å². The van der Waals surface area contributed by atoms with Gasteiger partial charge >= 0.3 is 0 Å². The monoisotopic (exact) mass is 514 g/mol. The van der Waals surface area contributed by atoms with Crippen LogP contribution in [0.2, 0.25) is 0 Å². The number of sulfonamides is 1. The molecule has 0 saturated carbocycles. The Morgan fingerprint density at radius 3 is 1.88 bits per heavy atom. The van der Waals surface area contributed by atoms with E-state index in [1.807, 2.05) is 0 Å². The van der Waals surface area contributed by atoms with Crippen LogP contribution >= 0.6 is 0 Å². The first-order valence-corrected chi connectivity index (χ1v) is 13.9. The number of ether oxygens (including phenoxy) is 2. The molecule has 2 aromatic rings. The van der Waals surface area contributed by atoms with E-state index in [9.17, 15) is 21.6 Å². The molecule has 188 valence electrons. The first kappa shape index (κ1) is 27.7. The zero-order chi connectivity index (χ0) is 25.5. The molecule has 0 aromatic heterocycles. The summed E-state index contributed by atoms with van der Waals surface area (Å²) in [5.74, 6) is -0.560. The molecule has 12 heteroatoms. The first-order chi connectivity index (χ1) is 15.9. The van der Waals surface area contributed by atoms with Gasteiger partial charge in [0.2, 0.25) is 10.0 Å². The molecule has 34 heavy (non-hydrogen) atoms. The molecule has 0 aliphatic heterocycles. The number of rotatable bonds is 12. The fraction of sp³-hybridized carbons (Fsp3) is 0.409. The zero-order valence-corrected chi connectivity index (χ0v) is 21.1. The largest absolute Gasteiger partial charge is 0.457 e. The van der Waals surface area contributed by atoms with Crippen molar-refractivity contribution in [2.24, 2.45) is 5.92 Å². The topological polar surface area (TPSA) is 139 Å². The summed E-state index contributed by atoms with van der Waals surface area (Å²) in [7, 11) is -7.47. The van der Waals surface area contributed by atoms with Gasteiger partial charge in [-0.15, -0.1) is 0 Å². The molecule has 0 aliphatic carbocycles. The average Bonchev–Trinajstić information content (AvgIpc) is 2.78. The highest BCUT2D eigenvalue weighted by Gasteiger charge is 2.37. The molecule has 0 saturated heterocycles. The fourth-order valence-corrected chi connectivity index (χ4v) is 5.58. The minimum atomic E-state index is -4.13. The molecule has 1 amide bonds. The predicted octanol–water partition coefficient (Wildman–Crippen LogP) is 2.44. The number of carbonyl (C=O) groups excluding carboxylic acids is 1. The van der Waals surface area contributed by atoms with Gasteiger partial charge in [-0.05, 0) is 61.4 Å². The standard InChI is InChI=1S/C22H30N2O8S2/c1-5-31-15-14-24(21(16(2)3)22(25)23-26)34(29,30)20-12-8-18(9-13-20)32-17-6-10-19(11-7-17)33(4,27)28/h6-13,16,21,26H,5,14-15H2,1-4H3,(H,23,25). The van der Waals surface area contributed by atoms with E-state index >= 15 is 0 Å².